The van der Waals surface area contributed by atoms with Gasteiger partial charge in [-0.05, 0) is 48.5 Å². The molecule has 39 heavy (non-hydrogen) atoms. The molecule has 0 amide bonds. The fraction of sp³-hybridized carbons (Fsp3) is 0.0769. The van der Waals surface area contributed by atoms with Gasteiger partial charge in [-0.2, -0.15) is 26.3 Å². The number of rotatable bonds is 4. The lowest BCUT2D eigenvalue weighted by Crippen LogP contribution is -2.15. The summed E-state index contributed by atoms with van der Waals surface area (Å²) in [7, 11) is -5.91. The lowest BCUT2D eigenvalue weighted by Gasteiger charge is -2.17. The van der Waals surface area contributed by atoms with Crippen molar-refractivity contribution < 1.29 is 49.5 Å². The first kappa shape index (κ1) is 29.9. The molecule has 0 aliphatic heterocycles. The van der Waals surface area contributed by atoms with Crippen molar-refractivity contribution in [2.24, 2.45) is 0 Å². The van der Waals surface area contributed by atoms with E-state index in [2.05, 4.69) is 24.3 Å². The molecule has 0 aromatic heterocycles. The van der Waals surface area contributed by atoms with Gasteiger partial charge in [0, 0.05) is 12.1 Å². The second-order valence-corrected chi connectivity index (χ2v) is 11.1. The predicted molar refractivity (Wildman–Crippen MR) is 129 cm³/mol. The van der Waals surface area contributed by atoms with Crippen LogP contribution >= 0.6 is 0 Å². The summed E-state index contributed by atoms with van der Waals surface area (Å²) in [4.78, 5) is 1.34. The van der Waals surface area contributed by atoms with E-state index < -0.39 is 55.5 Å². The average molecular weight is 589 g/mol. The van der Waals surface area contributed by atoms with E-state index in [1.165, 1.54) is 6.07 Å². The van der Waals surface area contributed by atoms with Gasteiger partial charge in [-0.25, -0.2) is 8.42 Å². The molecule has 0 spiro atoms. The van der Waals surface area contributed by atoms with Crippen LogP contribution in [0.3, 0.4) is 0 Å². The van der Waals surface area contributed by atoms with E-state index in [1.54, 1.807) is 12.1 Å². The SMILES string of the molecule is O=S(=O)([O-])c1ccc(C(F)(F)F)cc1C(F)(F)F.Oc1ccc([S+](c2ccccc2)c2ccccc2)c(O)c1. The molecule has 0 aliphatic rings. The summed E-state index contributed by atoms with van der Waals surface area (Å²) in [5, 5.41) is 19.7. The minimum atomic E-state index is -5.52. The van der Waals surface area contributed by atoms with Crippen LogP contribution in [-0.4, -0.2) is 23.2 Å². The van der Waals surface area contributed by atoms with Crippen molar-refractivity contribution in [3.63, 3.8) is 0 Å². The molecule has 5 nitrogen and oxygen atoms in total. The highest BCUT2D eigenvalue weighted by Crippen LogP contribution is 2.39. The summed E-state index contributed by atoms with van der Waals surface area (Å²) >= 11 is 0. The summed E-state index contributed by atoms with van der Waals surface area (Å²) in [6.45, 7) is 0. The number of alkyl halides is 6. The summed E-state index contributed by atoms with van der Waals surface area (Å²) in [6.07, 6.45) is -10.5. The van der Waals surface area contributed by atoms with Gasteiger partial charge in [-0.1, -0.05) is 36.4 Å². The van der Waals surface area contributed by atoms with Crippen LogP contribution in [0.25, 0.3) is 0 Å². The molecule has 0 aliphatic carbocycles. The fourth-order valence-corrected chi connectivity index (χ4v) is 6.12. The zero-order valence-corrected chi connectivity index (χ0v) is 21.1. The Labute approximate surface area is 222 Å². The highest BCUT2D eigenvalue weighted by Gasteiger charge is 2.39. The van der Waals surface area contributed by atoms with E-state index in [-0.39, 0.29) is 23.6 Å². The molecule has 0 fully saturated rings. The third-order valence-electron chi connectivity index (χ3n) is 5.00. The maximum absolute atomic E-state index is 12.4. The summed E-state index contributed by atoms with van der Waals surface area (Å²) in [5.41, 5.74) is -3.82. The highest BCUT2D eigenvalue weighted by molar-refractivity contribution is 7.97. The van der Waals surface area contributed by atoms with E-state index in [0.29, 0.717) is 0 Å². The first-order valence-corrected chi connectivity index (χ1v) is 13.3. The van der Waals surface area contributed by atoms with Crippen molar-refractivity contribution in [1.29, 1.82) is 0 Å². The van der Waals surface area contributed by atoms with Gasteiger partial charge in [0.15, 0.2) is 15.5 Å². The van der Waals surface area contributed by atoms with Crippen LogP contribution in [-0.2, 0) is 33.4 Å². The number of phenols is 2. The number of benzene rings is 4. The molecular formula is C26H18F6O5S2. The van der Waals surface area contributed by atoms with E-state index in [0.717, 1.165) is 14.7 Å². The molecule has 0 bridgehead atoms. The Hall–Kier alpha value is -3.68. The van der Waals surface area contributed by atoms with Gasteiger partial charge in [0.2, 0.25) is 4.90 Å². The van der Waals surface area contributed by atoms with Crippen LogP contribution in [0.4, 0.5) is 26.3 Å². The maximum atomic E-state index is 12.4. The number of phenolic OH excluding ortho intramolecular Hbond substituents is 2. The molecule has 0 atom stereocenters. The van der Waals surface area contributed by atoms with Gasteiger partial charge in [-0.15, -0.1) is 0 Å². The minimum Gasteiger partial charge on any atom is -0.744 e. The van der Waals surface area contributed by atoms with Gasteiger partial charge >= 0.3 is 12.4 Å². The molecule has 4 aromatic rings. The van der Waals surface area contributed by atoms with Gasteiger partial charge in [0.05, 0.1) is 16.0 Å². The van der Waals surface area contributed by atoms with Gasteiger partial charge in [0.25, 0.3) is 0 Å². The lowest BCUT2D eigenvalue weighted by atomic mass is 10.1. The highest BCUT2D eigenvalue weighted by atomic mass is 32.2. The first-order valence-electron chi connectivity index (χ1n) is 10.7. The smallest absolute Gasteiger partial charge is 0.417 e. The van der Waals surface area contributed by atoms with E-state index >= 15 is 0 Å². The molecule has 0 saturated heterocycles. The van der Waals surface area contributed by atoms with E-state index in [4.69, 9.17) is 0 Å². The van der Waals surface area contributed by atoms with Crippen LogP contribution in [0.5, 0.6) is 11.5 Å². The number of hydrogen-bond acceptors (Lipinski definition) is 5. The third kappa shape index (κ3) is 7.68. The molecule has 4 aromatic carbocycles. The lowest BCUT2D eigenvalue weighted by molar-refractivity contribution is -0.144. The van der Waals surface area contributed by atoms with Crippen LogP contribution in [0.2, 0.25) is 0 Å². The zero-order chi connectivity index (χ0) is 29.0. The molecule has 4 rings (SSSR count). The van der Waals surface area contributed by atoms with Crippen LogP contribution in [0.15, 0.2) is 117 Å². The van der Waals surface area contributed by atoms with Gasteiger partial charge < -0.3 is 14.8 Å². The van der Waals surface area contributed by atoms with Crippen LogP contribution in [0.1, 0.15) is 11.1 Å². The third-order valence-corrected chi connectivity index (χ3v) is 8.17. The molecule has 2 N–H and O–H groups in total. The fourth-order valence-electron chi connectivity index (χ4n) is 3.33. The second-order valence-electron chi connectivity index (χ2n) is 7.74. The predicted octanol–water partition coefficient (Wildman–Crippen LogP) is 6.82. The molecule has 206 valence electrons. The molecular weight excluding hydrogens is 570 g/mol. The molecule has 0 radical (unpaired) electrons. The van der Waals surface area contributed by atoms with Crippen molar-refractivity contribution in [3.05, 3.63) is 108 Å². The normalized spacial score (nSPS) is 12.1. The van der Waals surface area contributed by atoms with Crippen molar-refractivity contribution in [2.75, 3.05) is 0 Å². The van der Waals surface area contributed by atoms with Crippen LogP contribution < -0.4 is 0 Å². The van der Waals surface area contributed by atoms with Crippen molar-refractivity contribution in [1.82, 2.24) is 0 Å². The Balaban J connectivity index is 0.000000219. The van der Waals surface area contributed by atoms with Crippen molar-refractivity contribution >= 4 is 21.0 Å². The minimum absolute atomic E-state index is 0.00597. The number of halogens is 6. The second kappa shape index (κ2) is 11.6. The molecule has 0 heterocycles. The topological polar surface area (TPSA) is 97.7 Å². The monoisotopic (exact) mass is 588 g/mol. The zero-order valence-electron chi connectivity index (χ0n) is 19.4. The Morgan fingerprint density at radius 2 is 1.18 bits per heavy atom. The standard InChI is InChI=1S/C18H14O2S.C8H4F6O3S/c19-14-11-12-18(17(20)13-14)21(15-7-3-1-4-8-15)16-9-5-2-6-10-16;9-7(10,11)4-1-2-6(18(15,16)17)5(3-4)8(12,13)14/h1-13H,(H-,19,20);1-3H,(H,15,16,17). The first-order chi connectivity index (χ1) is 18.1. The molecule has 0 saturated carbocycles. The van der Waals surface area contributed by atoms with Crippen molar-refractivity contribution in [2.45, 2.75) is 31.9 Å². The number of aromatic hydroxyl groups is 2. The Kier molecular flexibility index (Phi) is 8.88. The quantitative estimate of drug-likeness (QED) is 0.155. The Morgan fingerprint density at radius 1 is 0.667 bits per heavy atom. The molecule has 0 unspecified atom stereocenters. The Bertz CT molecular complexity index is 1480. The number of hydrogen-bond donors (Lipinski definition) is 2. The van der Waals surface area contributed by atoms with E-state index in [1.807, 2.05) is 36.4 Å². The average Bonchev–Trinajstić information content (AvgIpc) is 2.85. The summed E-state index contributed by atoms with van der Waals surface area (Å²) in [6, 6.07) is 24.6. The van der Waals surface area contributed by atoms with Gasteiger partial charge in [0.1, 0.15) is 26.8 Å². The van der Waals surface area contributed by atoms with E-state index in [9.17, 15) is 49.5 Å². The maximum Gasteiger partial charge on any atom is 0.417 e. The van der Waals surface area contributed by atoms with Crippen LogP contribution in [0, 0.1) is 0 Å². The van der Waals surface area contributed by atoms with Gasteiger partial charge in [-0.3, -0.25) is 0 Å². The summed E-state index contributed by atoms with van der Waals surface area (Å²) < 4.78 is 105. The molecule has 13 heteroatoms. The summed E-state index contributed by atoms with van der Waals surface area (Å²) in [5.74, 6) is 0.187. The van der Waals surface area contributed by atoms with Crippen molar-refractivity contribution in [3.8, 4) is 11.5 Å². The Morgan fingerprint density at radius 3 is 1.59 bits per heavy atom. The largest absolute Gasteiger partial charge is 0.744 e.